The van der Waals surface area contributed by atoms with Gasteiger partial charge in [-0.15, -0.1) is 0 Å². The van der Waals surface area contributed by atoms with Crippen molar-refractivity contribution >= 4 is 33.8 Å². The molecule has 6 heteroatoms. The molecule has 0 aliphatic carbocycles. The number of aromatic amines is 1. The van der Waals surface area contributed by atoms with Crippen LogP contribution in [0.4, 0.5) is 10.3 Å². The van der Waals surface area contributed by atoms with Crippen molar-refractivity contribution in [2.75, 3.05) is 5.32 Å². The number of fused-ring (bicyclic) bond motifs is 2. The molecule has 26 heavy (non-hydrogen) atoms. The predicted octanol–water partition coefficient (Wildman–Crippen LogP) is 4.71. The lowest BCUT2D eigenvalue weighted by molar-refractivity contribution is 0.0909. The smallest absolute Gasteiger partial charge is 0.233 e. The predicted molar refractivity (Wildman–Crippen MR) is 101 cm³/mol. The van der Waals surface area contributed by atoms with Crippen LogP contribution in [0.1, 0.15) is 30.1 Å². The lowest BCUT2D eigenvalue weighted by atomic mass is 10.1. The monoisotopic (exact) mass is 350 g/mol. The summed E-state index contributed by atoms with van der Waals surface area (Å²) in [5.41, 5.74) is 3.24. The Morgan fingerprint density at radius 3 is 2.96 bits per heavy atom. The van der Waals surface area contributed by atoms with Gasteiger partial charge in [0.1, 0.15) is 5.82 Å². The SMILES string of the molecule is CCCC(=O)n1c(NCc2ccc3[nH]ccc3c2)nc2cc(F)ccc21. The second kappa shape index (κ2) is 6.63. The van der Waals surface area contributed by atoms with Crippen LogP contribution < -0.4 is 5.32 Å². The minimum absolute atomic E-state index is 0.0507. The zero-order chi connectivity index (χ0) is 18.1. The number of imidazole rings is 1. The van der Waals surface area contributed by atoms with Gasteiger partial charge in [-0.3, -0.25) is 4.79 Å². The van der Waals surface area contributed by atoms with E-state index in [0.717, 1.165) is 22.9 Å². The maximum Gasteiger partial charge on any atom is 0.233 e. The number of carbonyl (C=O) groups excluding carboxylic acids is 1. The third kappa shape index (κ3) is 2.94. The van der Waals surface area contributed by atoms with Crippen LogP contribution in [-0.2, 0) is 6.54 Å². The molecule has 2 heterocycles. The highest BCUT2D eigenvalue weighted by molar-refractivity contribution is 5.94. The maximum atomic E-state index is 13.5. The van der Waals surface area contributed by atoms with Gasteiger partial charge in [0.15, 0.2) is 0 Å². The Morgan fingerprint density at radius 2 is 2.12 bits per heavy atom. The number of H-pyrrole nitrogens is 1. The zero-order valence-electron chi connectivity index (χ0n) is 14.4. The van der Waals surface area contributed by atoms with E-state index in [1.165, 1.54) is 12.1 Å². The van der Waals surface area contributed by atoms with Gasteiger partial charge in [0, 0.05) is 30.7 Å². The van der Waals surface area contributed by atoms with E-state index in [4.69, 9.17) is 0 Å². The standard InChI is InChI=1S/C20H19FN4O/c1-2-3-19(26)25-18-7-5-15(21)11-17(18)24-20(25)23-12-13-4-6-16-14(10-13)8-9-22-16/h4-11,22H,2-3,12H2,1H3,(H,23,24). The highest BCUT2D eigenvalue weighted by atomic mass is 19.1. The molecule has 0 aliphatic rings. The van der Waals surface area contributed by atoms with E-state index in [2.05, 4.69) is 21.4 Å². The molecule has 2 aromatic carbocycles. The average Bonchev–Trinajstić information content (AvgIpc) is 3.23. The van der Waals surface area contributed by atoms with Crippen LogP contribution in [0.15, 0.2) is 48.7 Å². The van der Waals surface area contributed by atoms with Crippen LogP contribution in [0.5, 0.6) is 0 Å². The summed E-state index contributed by atoms with van der Waals surface area (Å²) in [6.07, 6.45) is 3.05. The Hall–Kier alpha value is -3.15. The second-order valence-electron chi connectivity index (χ2n) is 6.30. The number of anilines is 1. The minimum Gasteiger partial charge on any atom is -0.361 e. The molecule has 2 aromatic heterocycles. The molecular weight excluding hydrogens is 331 g/mol. The van der Waals surface area contributed by atoms with Crippen LogP contribution in [-0.4, -0.2) is 20.4 Å². The van der Waals surface area contributed by atoms with Crippen molar-refractivity contribution in [1.29, 1.82) is 0 Å². The molecule has 0 bridgehead atoms. The molecule has 0 amide bonds. The molecule has 0 atom stereocenters. The summed E-state index contributed by atoms with van der Waals surface area (Å²) in [4.78, 5) is 20.2. The summed E-state index contributed by atoms with van der Waals surface area (Å²) in [6.45, 7) is 2.47. The molecule has 4 rings (SSSR count). The van der Waals surface area contributed by atoms with Gasteiger partial charge in [-0.05, 0) is 47.7 Å². The largest absolute Gasteiger partial charge is 0.361 e. The fourth-order valence-corrected chi connectivity index (χ4v) is 3.14. The number of halogens is 1. The van der Waals surface area contributed by atoms with Crippen LogP contribution in [0.25, 0.3) is 21.9 Å². The molecule has 132 valence electrons. The lowest BCUT2D eigenvalue weighted by Gasteiger charge is -2.09. The van der Waals surface area contributed by atoms with Gasteiger partial charge in [-0.1, -0.05) is 13.0 Å². The third-order valence-corrected chi connectivity index (χ3v) is 4.40. The first-order chi connectivity index (χ1) is 12.7. The molecule has 5 nitrogen and oxygen atoms in total. The van der Waals surface area contributed by atoms with Gasteiger partial charge in [0.25, 0.3) is 0 Å². The first-order valence-electron chi connectivity index (χ1n) is 8.67. The summed E-state index contributed by atoms with van der Waals surface area (Å²) in [5, 5.41) is 4.36. The number of aromatic nitrogens is 3. The van der Waals surface area contributed by atoms with Crippen molar-refractivity contribution in [1.82, 2.24) is 14.5 Å². The Morgan fingerprint density at radius 1 is 1.23 bits per heavy atom. The summed E-state index contributed by atoms with van der Waals surface area (Å²) in [5.74, 6) is 0.0259. The van der Waals surface area contributed by atoms with Crippen LogP contribution in [0, 0.1) is 5.82 Å². The first kappa shape index (κ1) is 16.3. The summed E-state index contributed by atoms with van der Waals surface area (Å²) in [6, 6.07) is 12.4. The van der Waals surface area contributed by atoms with E-state index < -0.39 is 0 Å². The minimum atomic E-state index is -0.366. The van der Waals surface area contributed by atoms with Gasteiger partial charge >= 0.3 is 0 Å². The van der Waals surface area contributed by atoms with Gasteiger partial charge in [0.2, 0.25) is 11.9 Å². The number of rotatable bonds is 5. The van der Waals surface area contributed by atoms with Crippen LogP contribution in [0.2, 0.25) is 0 Å². The Bertz CT molecular complexity index is 1100. The number of hydrogen-bond acceptors (Lipinski definition) is 3. The Labute approximate surface area is 149 Å². The van der Waals surface area contributed by atoms with Crippen molar-refractivity contribution in [3.63, 3.8) is 0 Å². The normalized spacial score (nSPS) is 11.3. The van der Waals surface area contributed by atoms with E-state index in [0.29, 0.717) is 29.9 Å². The zero-order valence-corrected chi connectivity index (χ0v) is 14.4. The molecule has 2 N–H and O–H groups in total. The van der Waals surface area contributed by atoms with Gasteiger partial charge < -0.3 is 10.3 Å². The topological polar surface area (TPSA) is 62.7 Å². The molecule has 0 fully saturated rings. The van der Waals surface area contributed by atoms with Crippen molar-refractivity contribution < 1.29 is 9.18 Å². The van der Waals surface area contributed by atoms with E-state index >= 15 is 0 Å². The molecule has 0 saturated carbocycles. The second-order valence-corrected chi connectivity index (χ2v) is 6.30. The molecule has 0 unspecified atom stereocenters. The molecule has 0 spiro atoms. The number of benzene rings is 2. The highest BCUT2D eigenvalue weighted by Crippen LogP contribution is 2.23. The first-order valence-corrected chi connectivity index (χ1v) is 8.67. The molecular formula is C20H19FN4O. The summed E-state index contributed by atoms with van der Waals surface area (Å²) < 4.78 is 15.1. The molecule has 4 aromatic rings. The van der Waals surface area contributed by atoms with E-state index in [9.17, 15) is 9.18 Å². The van der Waals surface area contributed by atoms with E-state index in [1.54, 1.807) is 10.6 Å². The number of hydrogen-bond donors (Lipinski definition) is 2. The van der Waals surface area contributed by atoms with Gasteiger partial charge in [-0.2, -0.15) is 0 Å². The fraction of sp³-hybridized carbons (Fsp3) is 0.200. The van der Waals surface area contributed by atoms with E-state index in [1.807, 2.05) is 31.3 Å². The molecule has 0 saturated heterocycles. The molecule has 0 aliphatic heterocycles. The number of nitrogens with one attached hydrogen (secondary N) is 2. The van der Waals surface area contributed by atoms with Crippen molar-refractivity contribution in [3.8, 4) is 0 Å². The summed E-state index contributed by atoms with van der Waals surface area (Å²) in [7, 11) is 0. The highest BCUT2D eigenvalue weighted by Gasteiger charge is 2.16. The fourth-order valence-electron chi connectivity index (χ4n) is 3.14. The van der Waals surface area contributed by atoms with Gasteiger partial charge in [-0.25, -0.2) is 13.9 Å². The average molecular weight is 350 g/mol. The van der Waals surface area contributed by atoms with Crippen LogP contribution in [0.3, 0.4) is 0 Å². The van der Waals surface area contributed by atoms with E-state index in [-0.39, 0.29) is 11.7 Å². The summed E-state index contributed by atoms with van der Waals surface area (Å²) >= 11 is 0. The van der Waals surface area contributed by atoms with Crippen molar-refractivity contribution in [3.05, 3.63) is 60.0 Å². The number of nitrogens with zero attached hydrogens (tertiary/aromatic N) is 2. The Kier molecular flexibility index (Phi) is 4.16. The van der Waals surface area contributed by atoms with Gasteiger partial charge in [0.05, 0.1) is 11.0 Å². The maximum absolute atomic E-state index is 13.5. The lowest BCUT2D eigenvalue weighted by Crippen LogP contribution is -2.14. The van der Waals surface area contributed by atoms with Crippen LogP contribution >= 0.6 is 0 Å². The van der Waals surface area contributed by atoms with Crippen molar-refractivity contribution in [2.45, 2.75) is 26.3 Å². The molecule has 0 radical (unpaired) electrons. The third-order valence-electron chi connectivity index (χ3n) is 4.40. The Balaban J connectivity index is 1.67. The number of carbonyl (C=O) groups is 1. The quantitative estimate of drug-likeness (QED) is 0.548. The van der Waals surface area contributed by atoms with Crippen molar-refractivity contribution in [2.24, 2.45) is 0 Å².